The minimum Gasteiger partial charge on any atom is -0.480 e. The third kappa shape index (κ3) is 2.91. The van der Waals surface area contributed by atoms with Crippen molar-refractivity contribution in [3.8, 4) is 0 Å². The Morgan fingerprint density at radius 3 is 2.33 bits per heavy atom. The number of benzene rings is 1. The Bertz CT molecular complexity index is 500. The summed E-state index contributed by atoms with van der Waals surface area (Å²) in [6.45, 7) is 2.15. The molecule has 1 N–H and O–H groups in total. The lowest BCUT2D eigenvalue weighted by molar-refractivity contribution is -0.135. The molecular weight excluding hydrogens is 264 g/mol. The van der Waals surface area contributed by atoms with Gasteiger partial charge >= 0.3 is 5.97 Å². The summed E-state index contributed by atoms with van der Waals surface area (Å²) in [6.07, 6.45) is 4.67. The van der Waals surface area contributed by atoms with Crippen LogP contribution in [-0.2, 0) is 4.79 Å². The molecule has 2 saturated heterocycles. The van der Waals surface area contributed by atoms with E-state index < -0.39 is 5.97 Å². The maximum atomic E-state index is 11.3. The molecular formula is C17H24N2O2. The van der Waals surface area contributed by atoms with Crippen molar-refractivity contribution in [2.75, 3.05) is 18.5 Å². The SMILES string of the molecule is Cc1ccc(N(CC(=O)O)C2CC3CCC(C2)N3C)cc1. The number of hydrogen-bond acceptors (Lipinski definition) is 3. The highest BCUT2D eigenvalue weighted by Gasteiger charge is 2.40. The fraction of sp³-hybridized carbons (Fsp3) is 0.588. The van der Waals surface area contributed by atoms with Crippen molar-refractivity contribution in [1.82, 2.24) is 4.90 Å². The van der Waals surface area contributed by atoms with Gasteiger partial charge in [-0.1, -0.05) is 17.7 Å². The summed E-state index contributed by atoms with van der Waals surface area (Å²) in [7, 11) is 2.21. The van der Waals surface area contributed by atoms with E-state index in [1.165, 1.54) is 18.4 Å². The summed E-state index contributed by atoms with van der Waals surface area (Å²) in [6, 6.07) is 9.82. The number of nitrogens with zero attached hydrogens (tertiary/aromatic N) is 2. The van der Waals surface area contributed by atoms with Gasteiger partial charge in [0, 0.05) is 23.8 Å². The van der Waals surface area contributed by atoms with Gasteiger partial charge in [-0.05, 0) is 51.8 Å². The molecule has 2 bridgehead atoms. The third-order valence-corrected chi connectivity index (χ3v) is 5.19. The minimum atomic E-state index is -0.748. The zero-order valence-corrected chi connectivity index (χ0v) is 12.8. The number of hydrogen-bond donors (Lipinski definition) is 1. The van der Waals surface area contributed by atoms with Crippen molar-refractivity contribution < 1.29 is 9.90 Å². The van der Waals surface area contributed by atoms with E-state index in [4.69, 9.17) is 0 Å². The van der Waals surface area contributed by atoms with E-state index >= 15 is 0 Å². The lowest BCUT2D eigenvalue weighted by Gasteiger charge is -2.42. The highest BCUT2D eigenvalue weighted by molar-refractivity contribution is 5.74. The Morgan fingerprint density at radius 1 is 1.24 bits per heavy atom. The molecule has 2 heterocycles. The molecule has 0 saturated carbocycles. The second-order valence-corrected chi connectivity index (χ2v) is 6.53. The Kier molecular flexibility index (Phi) is 3.89. The van der Waals surface area contributed by atoms with Crippen LogP contribution in [0.2, 0.25) is 0 Å². The number of aryl methyl sites for hydroxylation is 1. The largest absolute Gasteiger partial charge is 0.480 e. The zero-order valence-electron chi connectivity index (χ0n) is 12.8. The molecule has 2 fully saturated rings. The van der Waals surface area contributed by atoms with E-state index in [0.717, 1.165) is 18.5 Å². The molecule has 1 aromatic rings. The van der Waals surface area contributed by atoms with E-state index in [0.29, 0.717) is 18.1 Å². The molecule has 0 aliphatic carbocycles. The predicted octanol–water partition coefficient (Wildman–Crippen LogP) is 2.51. The van der Waals surface area contributed by atoms with Crippen molar-refractivity contribution in [3.05, 3.63) is 29.8 Å². The maximum absolute atomic E-state index is 11.3. The monoisotopic (exact) mass is 288 g/mol. The fourth-order valence-electron chi connectivity index (χ4n) is 3.95. The van der Waals surface area contributed by atoms with Gasteiger partial charge in [-0.2, -0.15) is 0 Å². The number of fused-ring (bicyclic) bond motifs is 2. The van der Waals surface area contributed by atoms with Crippen molar-refractivity contribution in [3.63, 3.8) is 0 Å². The molecule has 2 aliphatic heterocycles. The molecule has 0 spiro atoms. The summed E-state index contributed by atoms with van der Waals surface area (Å²) < 4.78 is 0. The van der Waals surface area contributed by atoms with Gasteiger partial charge in [0.05, 0.1) is 0 Å². The smallest absolute Gasteiger partial charge is 0.323 e. The Labute approximate surface area is 126 Å². The van der Waals surface area contributed by atoms with Crippen LogP contribution in [0.4, 0.5) is 5.69 Å². The fourth-order valence-corrected chi connectivity index (χ4v) is 3.95. The summed E-state index contributed by atoms with van der Waals surface area (Å²) in [5.74, 6) is -0.748. The zero-order chi connectivity index (χ0) is 15.0. The van der Waals surface area contributed by atoms with Crippen LogP contribution in [-0.4, -0.2) is 47.7 Å². The Balaban J connectivity index is 1.82. The van der Waals surface area contributed by atoms with Crippen molar-refractivity contribution >= 4 is 11.7 Å². The maximum Gasteiger partial charge on any atom is 0.323 e. The summed E-state index contributed by atoms with van der Waals surface area (Å²) in [5, 5.41) is 9.28. The van der Waals surface area contributed by atoms with E-state index in [-0.39, 0.29) is 6.54 Å². The average molecular weight is 288 g/mol. The van der Waals surface area contributed by atoms with Crippen LogP contribution < -0.4 is 4.90 Å². The molecule has 2 atom stereocenters. The standard InChI is InChI=1S/C17H24N2O2/c1-12-3-5-13(6-4-12)19(11-17(20)21)16-9-14-7-8-15(10-16)18(14)2/h3-6,14-16H,7-11H2,1-2H3,(H,20,21). The van der Waals surface area contributed by atoms with Crippen LogP contribution >= 0.6 is 0 Å². The quantitative estimate of drug-likeness (QED) is 0.924. The minimum absolute atomic E-state index is 0.0941. The number of rotatable bonds is 4. The van der Waals surface area contributed by atoms with Crippen LogP contribution in [0.1, 0.15) is 31.2 Å². The number of carboxylic acid groups (broad SMARTS) is 1. The van der Waals surface area contributed by atoms with Gasteiger partial charge in [0.25, 0.3) is 0 Å². The summed E-state index contributed by atoms with van der Waals surface area (Å²) >= 11 is 0. The number of anilines is 1. The van der Waals surface area contributed by atoms with Crippen LogP contribution in [0.3, 0.4) is 0 Å². The summed E-state index contributed by atoms with van der Waals surface area (Å²) in [5.41, 5.74) is 2.24. The number of carbonyl (C=O) groups is 1. The Morgan fingerprint density at radius 2 is 1.81 bits per heavy atom. The molecule has 4 nitrogen and oxygen atoms in total. The van der Waals surface area contributed by atoms with E-state index in [1.807, 2.05) is 0 Å². The van der Waals surface area contributed by atoms with E-state index in [2.05, 4.69) is 48.0 Å². The van der Waals surface area contributed by atoms with E-state index in [1.54, 1.807) is 0 Å². The van der Waals surface area contributed by atoms with Crippen molar-refractivity contribution in [1.29, 1.82) is 0 Å². The first kappa shape index (κ1) is 14.4. The van der Waals surface area contributed by atoms with Gasteiger partial charge in [0.2, 0.25) is 0 Å². The van der Waals surface area contributed by atoms with Gasteiger partial charge < -0.3 is 14.9 Å². The average Bonchev–Trinajstić information content (AvgIpc) is 2.67. The molecule has 1 aromatic carbocycles. The molecule has 2 aliphatic rings. The van der Waals surface area contributed by atoms with Gasteiger partial charge in [-0.25, -0.2) is 0 Å². The van der Waals surface area contributed by atoms with Crippen molar-refractivity contribution in [2.24, 2.45) is 0 Å². The van der Waals surface area contributed by atoms with E-state index in [9.17, 15) is 9.90 Å². The predicted molar refractivity (Wildman–Crippen MR) is 83.8 cm³/mol. The first-order valence-electron chi connectivity index (χ1n) is 7.81. The molecule has 0 aromatic heterocycles. The number of piperidine rings is 1. The Hall–Kier alpha value is -1.55. The first-order valence-corrected chi connectivity index (χ1v) is 7.81. The number of aliphatic carboxylic acids is 1. The highest BCUT2D eigenvalue weighted by atomic mass is 16.4. The second-order valence-electron chi connectivity index (χ2n) is 6.53. The molecule has 0 amide bonds. The van der Waals surface area contributed by atoms with Crippen LogP contribution in [0.5, 0.6) is 0 Å². The normalized spacial score (nSPS) is 28.6. The van der Waals surface area contributed by atoms with Crippen LogP contribution in [0.25, 0.3) is 0 Å². The van der Waals surface area contributed by atoms with Gasteiger partial charge in [0.1, 0.15) is 6.54 Å². The highest BCUT2D eigenvalue weighted by Crippen LogP contribution is 2.37. The summed E-state index contributed by atoms with van der Waals surface area (Å²) in [4.78, 5) is 15.9. The van der Waals surface area contributed by atoms with Gasteiger partial charge in [-0.15, -0.1) is 0 Å². The number of carboxylic acids is 1. The lowest BCUT2D eigenvalue weighted by Crippen LogP contribution is -2.50. The van der Waals surface area contributed by atoms with Crippen LogP contribution in [0.15, 0.2) is 24.3 Å². The lowest BCUT2D eigenvalue weighted by atomic mass is 9.95. The molecule has 21 heavy (non-hydrogen) atoms. The second kappa shape index (κ2) is 5.68. The van der Waals surface area contributed by atoms with Gasteiger partial charge in [0.15, 0.2) is 0 Å². The molecule has 114 valence electrons. The molecule has 0 radical (unpaired) electrons. The first-order chi connectivity index (χ1) is 10.0. The van der Waals surface area contributed by atoms with Crippen LogP contribution in [0, 0.1) is 6.92 Å². The molecule has 4 heteroatoms. The topological polar surface area (TPSA) is 43.8 Å². The van der Waals surface area contributed by atoms with Crippen molar-refractivity contribution in [2.45, 2.75) is 50.7 Å². The van der Waals surface area contributed by atoms with Gasteiger partial charge in [-0.3, -0.25) is 4.79 Å². The third-order valence-electron chi connectivity index (χ3n) is 5.19. The molecule has 3 rings (SSSR count). The molecule has 2 unspecified atom stereocenters.